The fraction of sp³-hybridized carbons (Fsp3) is 0.455. The van der Waals surface area contributed by atoms with Crippen LogP contribution in [0.1, 0.15) is 12.8 Å². The summed E-state index contributed by atoms with van der Waals surface area (Å²) in [5, 5.41) is 7.83. The lowest BCUT2D eigenvalue weighted by Gasteiger charge is -2.30. The summed E-state index contributed by atoms with van der Waals surface area (Å²) in [6, 6.07) is 3.83. The maximum Gasteiger partial charge on any atom is 0.157 e. The monoisotopic (exact) mass is 236 g/mol. The molecule has 0 bridgehead atoms. The van der Waals surface area contributed by atoms with Gasteiger partial charge in [0.05, 0.1) is 6.20 Å². The smallest absolute Gasteiger partial charge is 0.157 e. The molecular formula is C11H13ClN4. The van der Waals surface area contributed by atoms with Gasteiger partial charge in [0.25, 0.3) is 0 Å². The summed E-state index contributed by atoms with van der Waals surface area (Å²) in [6.45, 7) is 0.959. The van der Waals surface area contributed by atoms with Crippen molar-refractivity contribution in [3.63, 3.8) is 0 Å². The molecule has 5 heteroatoms. The molecule has 2 aromatic rings. The highest BCUT2D eigenvalue weighted by Gasteiger charge is 2.26. The second-order valence-electron chi connectivity index (χ2n) is 4.26. The first-order valence-corrected chi connectivity index (χ1v) is 5.93. The van der Waals surface area contributed by atoms with Crippen molar-refractivity contribution < 1.29 is 0 Å². The van der Waals surface area contributed by atoms with Gasteiger partial charge < -0.3 is 5.32 Å². The first kappa shape index (κ1) is 9.90. The highest BCUT2D eigenvalue weighted by Crippen LogP contribution is 2.31. The predicted molar refractivity (Wildman–Crippen MR) is 63.8 cm³/mol. The zero-order chi connectivity index (χ0) is 11.0. The number of halogens is 1. The largest absolute Gasteiger partial charge is 0.370 e. The van der Waals surface area contributed by atoms with Crippen LogP contribution in [0, 0.1) is 5.92 Å². The molecule has 1 N–H and O–H groups in total. The van der Waals surface area contributed by atoms with Gasteiger partial charge in [0.15, 0.2) is 5.65 Å². The van der Waals surface area contributed by atoms with E-state index in [-0.39, 0.29) is 0 Å². The lowest BCUT2D eigenvalue weighted by Crippen LogP contribution is -2.30. The number of fused-ring (bicyclic) bond motifs is 1. The Morgan fingerprint density at radius 1 is 1.44 bits per heavy atom. The second-order valence-corrected chi connectivity index (χ2v) is 4.88. The molecule has 0 aliphatic heterocycles. The topological polar surface area (TPSA) is 42.2 Å². The number of hydrogen-bond donors (Lipinski definition) is 1. The molecule has 2 aromatic heterocycles. The van der Waals surface area contributed by atoms with E-state index < -0.39 is 0 Å². The van der Waals surface area contributed by atoms with Crippen LogP contribution >= 0.6 is 11.6 Å². The van der Waals surface area contributed by atoms with E-state index in [4.69, 9.17) is 11.6 Å². The molecule has 84 valence electrons. The Balaban J connectivity index is 1.65. The minimum Gasteiger partial charge on any atom is -0.370 e. The van der Waals surface area contributed by atoms with Crippen LogP contribution in [0.4, 0.5) is 5.82 Å². The van der Waals surface area contributed by atoms with Gasteiger partial charge in [0.1, 0.15) is 5.82 Å². The molecule has 16 heavy (non-hydrogen) atoms. The van der Waals surface area contributed by atoms with Gasteiger partial charge in [-0.05, 0) is 24.8 Å². The number of anilines is 1. The Morgan fingerprint density at radius 2 is 2.31 bits per heavy atom. The molecule has 0 atom stereocenters. The molecule has 2 heterocycles. The number of hydrogen-bond acceptors (Lipinski definition) is 3. The van der Waals surface area contributed by atoms with Crippen molar-refractivity contribution in [3.8, 4) is 0 Å². The standard InChI is InChI=1S/C11H13ClN4/c12-9-5-8(6-9)7-13-10-2-4-16-11(15-10)1-3-14-16/h1-4,8-9H,5-7H2,(H,13,15). The van der Waals surface area contributed by atoms with Gasteiger partial charge in [-0.3, -0.25) is 0 Å². The van der Waals surface area contributed by atoms with E-state index in [1.807, 2.05) is 18.3 Å². The Kier molecular flexibility index (Phi) is 2.44. The number of nitrogens with zero attached hydrogens (tertiary/aromatic N) is 3. The van der Waals surface area contributed by atoms with E-state index in [1.54, 1.807) is 10.7 Å². The van der Waals surface area contributed by atoms with Gasteiger partial charge in [-0.1, -0.05) is 0 Å². The summed E-state index contributed by atoms with van der Waals surface area (Å²) < 4.78 is 1.75. The van der Waals surface area contributed by atoms with Crippen LogP contribution in [0.25, 0.3) is 5.65 Å². The zero-order valence-corrected chi connectivity index (χ0v) is 9.56. The maximum absolute atomic E-state index is 5.93. The zero-order valence-electron chi connectivity index (χ0n) is 8.81. The van der Waals surface area contributed by atoms with E-state index in [0.717, 1.165) is 30.9 Å². The van der Waals surface area contributed by atoms with Crippen molar-refractivity contribution in [3.05, 3.63) is 24.5 Å². The number of rotatable bonds is 3. The molecule has 4 nitrogen and oxygen atoms in total. The second kappa shape index (κ2) is 3.94. The molecule has 0 radical (unpaired) electrons. The average Bonchev–Trinajstić information content (AvgIpc) is 2.69. The number of nitrogens with one attached hydrogen (secondary N) is 1. The average molecular weight is 237 g/mol. The highest BCUT2D eigenvalue weighted by atomic mass is 35.5. The summed E-state index contributed by atoms with van der Waals surface area (Å²) in [5.74, 6) is 1.61. The summed E-state index contributed by atoms with van der Waals surface area (Å²) in [6.07, 6.45) is 5.89. The van der Waals surface area contributed by atoms with Crippen molar-refractivity contribution in [1.82, 2.24) is 14.6 Å². The summed E-state index contributed by atoms with van der Waals surface area (Å²) in [7, 11) is 0. The normalized spacial score (nSPS) is 24.3. The fourth-order valence-corrected chi connectivity index (χ4v) is 2.48. The minimum atomic E-state index is 0.386. The molecule has 0 unspecified atom stereocenters. The van der Waals surface area contributed by atoms with Gasteiger partial charge >= 0.3 is 0 Å². The highest BCUT2D eigenvalue weighted by molar-refractivity contribution is 6.21. The van der Waals surface area contributed by atoms with Crippen molar-refractivity contribution in [2.24, 2.45) is 5.92 Å². The van der Waals surface area contributed by atoms with Gasteiger partial charge in [-0.15, -0.1) is 11.6 Å². The predicted octanol–water partition coefficient (Wildman–Crippen LogP) is 2.16. The number of alkyl halides is 1. The SMILES string of the molecule is ClC1CC(CNc2ccn3nccc3n2)C1. The van der Waals surface area contributed by atoms with Crippen LogP contribution in [0.15, 0.2) is 24.5 Å². The van der Waals surface area contributed by atoms with Crippen molar-refractivity contribution in [1.29, 1.82) is 0 Å². The third kappa shape index (κ3) is 1.85. The Bertz CT molecular complexity index is 489. The molecule has 3 rings (SSSR count). The van der Waals surface area contributed by atoms with Crippen LogP contribution in [-0.2, 0) is 0 Å². The van der Waals surface area contributed by atoms with Crippen molar-refractivity contribution in [2.45, 2.75) is 18.2 Å². The third-order valence-corrected chi connectivity index (χ3v) is 3.36. The Hall–Kier alpha value is -1.29. The van der Waals surface area contributed by atoms with E-state index in [1.165, 1.54) is 0 Å². The van der Waals surface area contributed by atoms with Crippen molar-refractivity contribution in [2.75, 3.05) is 11.9 Å². The molecule has 0 saturated heterocycles. The first-order chi connectivity index (χ1) is 7.81. The molecule has 0 spiro atoms. The molecule has 1 fully saturated rings. The molecule has 1 aliphatic rings. The summed E-state index contributed by atoms with van der Waals surface area (Å²) in [5.41, 5.74) is 0.869. The molecular weight excluding hydrogens is 224 g/mol. The van der Waals surface area contributed by atoms with Gasteiger partial charge in [-0.2, -0.15) is 5.10 Å². The summed E-state index contributed by atoms with van der Waals surface area (Å²) in [4.78, 5) is 4.44. The van der Waals surface area contributed by atoms with Crippen LogP contribution in [0.5, 0.6) is 0 Å². The van der Waals surface area contributed by atoms with Gasteiger partial charge in [0.2, 0.25) is 0 Å². The molecule has 0 amide bonds. The molecule has 1 saturated carbocycles. The fourth-order valence-electron chi connectivity index (χ4n) is 1.98. The maximum atomic E-state index is 5.93. The lowest BCUT2D eigenvalue weighted by atomic mass is 9.85. The van der Waals surface area contributed by atoms with E-state index >= 15 is 0 Å². The van der Waals surface area contributed by atoms with Crippen molar-refractivity contribution >= 4 is 23.1 Å². The molecule has 0 aromatic carbocycles. The lowest BCUT2D eigenvalue weighted by molar-refractivity contribution is 0.341. The van der Waals surface area contributed by atoms with Crippen LogP contribution in [0.3, 0.4) is 0 Å². The third-order valence-electron chi connectivity index (χ3n) is 3.01. The van der Waals surface area contributed by atoms with E-state index in [9.17, 15) is 0 Å². The van der Waals surface area contributed by atoms with E-state index in [0.29, 0.717) is 11.3 Å². The Labute approximate surface area is 98.6 Å². The first-order valence-electron chi connectivity index (χ1n) is 5.49. The Morgan fingerprint density at radius 3 is 3.12 bits per heavy atom. The van der Waals surface area contributed by atoms with Gasteiger partial charge in [-0.25, -0.2) is 9.50 Å². The minimum absolute atomic E-state index is 0.386. The quantitative estimate of drug-likeness (QED) is 0.831. The van der Waals surface area contributed by atoms with Crippen LogP contribution in [-0.4, -0.2) is 26.5 Å². The summed E-state index contributed by atoms with van der Waals surface area (Å²) >= 11 is 5.93. The molecule has 1 aliphatic carbocycles. The van der Waals surface area contributed by atoms with Crippen LogP contribution in [0.2, 0.25) is 0 Å². The van der Waals surface area contributed by atoms with Crippen LogP contribution < -0.4 is 5.32 Å². The van der Waals surface area contributed by atoms with E-state index in [2.05, 4.69) is 15.4 Å². The van der Waals surface area contributed by atoms with Gasteiger partial charge in [0, 0.05) is 24.2 Å². The number of aromatic nitrogens is 3.